The van der Waals surface area contributed by atoms with Crippen LogP contribution in [0.15, 0.2) is 54.4 Å². The summed E-state index contributed by atoms with van der Waals surface area (Å²) in [5.74, 6) is 0.767. The van der Waals surface area contributed by atoms with Crippen LogP contribution in [0.1, 0.15) is 54.4 Å². The van der Waals surface area contributed by atoms with E-state index >= 15 is 0 Å². The predicted octanol–water partition coefficient (Wildman–Crippen LogP) is 5.95. The predicted molar refractivity (Wildman–Crippen MR) is 147 cm³/mol. The summed E-state index contributed by atoms with van der Waals surface area (Å²) >= 11 is 11.9. The van der Waals surface area contributed by atoms with Crippen molar-refractivity contribution >= 4 is 46.8 Å². The number of halogens is 2. The number of carbonyl (C=O) groups is 2. The highest BCUT2D eigenvalue weighted by molar-refractivity contribution is 6.18. The zero-order chi connectivity index (χ0) is 25.8. The molecule has 36 heavy (non-hydrogen) atoms. The lowest BCUT2D eigenvalue weighted by Gasteiger charge is -2.32. The molecule has 3 rings (SSSR count). The number of aliphatic carboxylic acids is 1. The molecule has 6 nitrogen and oxygen atoms in total. The number of likely N-dealkylation sites (tertiary alicyclic amines) is 1. The number of amides is 1. The topological polar surface area (TPSA) is 73.7 Å². The number of rotatable bonds is 13. The fourth-order valence-corrected chi connectivity index (χ4v) is 5.08. The van der Waals surface area contributed by atoms with Gasteiger partial charge in [0, 0.05) is 67.2 Å². The lowest BCUT2D eigenvalue weighted by atomic mass is 9.90. The van der Waals surface area contributed by atoms with E-state index in [1.807, 2.05) is 35.2 Å². The number of unbranched alkanes of at least 4 members (excludes halogenated alkanes) is 1. The molecule has 1 aromatic heterocycles. The second-order valence-corrected chi connectivity index (χ2v) is 9.91. The third kappa shape index (κ3) is 8.52. The van der Waals surface area contributed by atoms with E-state index in [0.717, 1.165) is 56.4 Å². The Morgan fingerprint density at radius 3 is 2.47 bits per heavy atom. The fraction of sp³-hybridized carbons (Fsp3) is 0.464. The second kappa shape index (κ2) is 14.9. The molecule has 0 bridgehead atoms. The zero-order valence-corrected chi connectivity index (χ0v) is 22.1. The van der Waals surface area contributed by atoms with Gasteiger partial charge in [-0.2, -0.15) is 0 Å². The van der Waals surface area contributed by atoms with Crippen molar-refractivity contribution < 1.29 is 14.7 Å². The monoisotopic (exact) mass is 531 g/mol. The van der Waals surface area contributed by atoms with Crippen LogP contribution in [0.25, 0.3) is 6.08 Å². The molecule has 0 spiro atoms. The van der Waals surface area contributed by atoms with Gasteiger partial charge in [-0.05, 0) is 67.5 Å². The van der Waals surface area contributed by atoms with Crippen LogP contribution in [0.3, 0.4) is 0 Å². The summed E-state index contributed by atoms with van der Waals surface area (Å²) in [7, 11) is 0. The summed E-state index contributed by atoms with van der Waals surface area (Å²) in [6.45, 7) is 2.87. The summed E-state index contributed by atoms with van der Waals surface area (Å²) in [5.41, 5.74) is 2.89. The molecule has 1 N–H and O–H groups in total. The third-order valence-electron chi connectivity index (χ3n) is 6.68. The number of hydrogen-bond acceptors (Lipinski definition) is 4. The number of carboxylic acids is 1. The molecule has 1 aliphatic heterocycles. The SMILES string of the molecule is O=C(O)C(=Cc1cccnc1)CCCCC1CCN(C(=O)c2cccc(N(CCCl)CCCl)c2)CC1. The van der Waals surface area contributed by atoms with Crippen molar-refractivity contribution in [3.05, 3.63) is 65.5 Å². The van der Waals surface area contributed by atoms with E-state index in [2.05, 4.69) is 9.88 Å². The first-order chi connectivity index (χ1) is 17.5. The van der Waals surface area contributed by atoms with Gasteiger partial charge < -0.3 is 14.9 Å². The smallest absolute Gasteiger partial charge is 0.331 e. The molecule has 0 aliphatic carbocycles. The highest BCUT2D eigenvalue weighted by Gasteiger charge is 2.24. The second-order valence-electron chi connectivity index (χ2n) is 9.16. The van der Waals surface area contributed by atoms with Crippen LogP contribution in [0.4, 0.5) is 5.69 Å². The minimum Gasteiger partial charge on any atom is -0.478 e. The van der Waals surface area contributed by atoms with Gasteiger partial charge in [-0.3, -0.25) is 9.78 Å². The van der Waals surface area contributed by atoms with Crippen molar-refractivity contribution in [3.63, 3.8) is 0 Å². The number of nitrogens with zero attached hydrogens (tertiary/aromatic N) is 3. The zero-order valence-electron chi connectivity index (χ0n) is 20.6. The van der Waals surface area contributed by atoms with Gasteiger partial charge in [-0.25, -0.2) is 4.79 Å². The number of pyridine rings is 1. The Bertz CT molecular complexity index is 1000. The Morgan fingerprint density at radius 1 is 1.08 bits per heavy atom. The largest absolute Gasteiger partial charge is 0.478 e. The van der Waals surface area contributed by atoms with Gasteiger partial charge in [0.15, 0.2) is 0 Å². The molecule has 1 aromatic carbocycles. The number of carbonyl (C=O) groups excluding carboxylic acids is 1. The number of carboxylic acid groups (broad SMARTS) is 1. The maximum absolute atomic E-state index is 13.1. The average Bonchev–Trinajstić information content (AvgIpc) is 2.91. The minimum atomic E-state index is -0.872. The lowest BCUT2D eigenvalue weighted by Crippen LogP contribution is -2.38. The molecule has 0 unspecified atom stereocenters. The standard InChI is InChI=1S/C28H35Cl2N3O3/c29-12-17-32(18-13-30)26-9-3-8-24(20-26)27(34)33-15-10-22(11-16-33)5-1-2-7-25(28(35)36)19-23-6-4-14-31-21-23/h3-4,6,8-9,14,19-22H,1-2,5,7,10-13,15-18H2,(H,35,36). The van der Waals surface area contributed by atoms with Gasteiger partial charge in [0.25, 0.3) is 5.91 Å². The molecule has 2 heterocycles. The number of anilines is 1. The highest BCUT2D eigenvalue weighted by Crippen LogP contribution is 2.26. The van der Waals surface area contributed by atoms with Gasteiger partial charge in [0.1, 0.15) is 0 Å². The van der Waals surface area contributed by atoms with Crippen molar-refractivity contribution in [2.24, 2.45) is 5.92 Å². The molecule has 1 aliphatic rings. The van der Waals surface area contributed by atoms with Crippen LogP contribution < -0.4 is 4.90 Å². The van der Waals surface area contributed by atoms with Crippen LogP contribution in [0, 0.1) is 5.92 Å². The molecular formula is C28H35Cl2N3O3. The first kappa shape index (κ1) is 28.0. The molecule has 8 heteroatoms. The molecule has 0 radical (unpaired) electrons. The van der Waals surface area contributed by atoms with Crippen molar-refractivity contribution in [3.8, 4) is 0 Å². The number of hydrogen-bond donors (Lipinski definition) is 1. The van der Waals surface area contributed by atoms with Crippen molar-refractivity contribution in [1.29, 1.82) is 0 Å². The molecule has 194 valence electrons. The normalized spacial score (nSPS) is 14.6. The Hall–Kier alpha value is -2.57. The van der Waals surface area contributed by atoms with E-state index in [4.69, 9.17) is 23.2 Å². The summed E-state index contributed by atoms with van der Waals surface area (Å²) in [5, 5.41) is 9.52. The van der Waals surface area contributed by atoms with Crippen LogP contribution in [0.2, 0.25) is 0 Å². The van der Waals surface area contributed by atoms with Gasteiger partial charge >= 0.3 is 5.97 Å². The first-order valence-corrected chi connectivity index (χ1v) is 13.7. The number of alkyl halides is 2. The molecule has 2 aromatic rings. The molecule has 1 fully saturated rings. The Kier molecular flexibility index (Phi) is 11.6. The van der Waals surface area contributed by atoms with Crippen molar-refractivity contribution in [1.82, 2.24) is 9.88 Å². The van der Waals surface area contributed by atoms with Crippen molar-refractivity contribution in [2.45, 2.75) is 38.5 Å². The lowest BCUT2D eigenvalue weighted by molar-refractivity contribution is -0.132. The van der Waals surface area contributed by atoms with Crippen LogP contribution in [-0.4, -0.2) is 64.8 Å². The molecule has 0 atom stereocenters. The van der Waals surface area contributed by atoms with E-state index in [-0.39, 0.29) is 5.91 Å². The molecule has 0 saturated carbocycles. The third-order valence-corrected chi connectivity index (χ3v) is 7.02. The number of benzene rings is 1. The van der Waals surface area contributed by atoms with Gasteiger partial charge in [0.2, 0.25) is 0 Å². The quantitative estimate of drug-likeness (QED) is 0.196. The molecular weight excluding hydrogens is 497 g/mol. The summed E-state index contributed by atoms with van der Waals surface area (Å²) in [6, 6.07) is 11.4. The highest BCUT2D eigenvalue weighted by atomic mass is 35.5. The molecule has 1 amide bonds. The Balaban J connectivity index is 1.45. The van der Waals surface area contributed by atoms with Gasteiger partial charge in [0.05, 0.1) is 0 Å². The van der Waals surface area contributed by atoms with E-state index in [1.54, 1.807) is 24.5 Å². The Labute approximate surface area is 223 Å². The Morgan fingerprint density at radius 2 is 1.83 bits per heavy atom. The molecule has 1 saturated heterocycles. The summed E-state index contributed by atoms with van der Waals surface area (Å²) < 4.78 is 0. The van der Waals surface area contributed by atoms with E-state index in [9.17, 15) is 14.7 Å². The van der Waals surface area contributed by atoms with E-state index in [0.29, 0.717) is 48.3 Å². The minimum absolute atomic E-state index is 0.0682. The number of aromatic nitrogens is 1. The summed E-state index contributed by atoms with van der Waals surface area (Å²) in [4.78, 5) is 32.8. The van der Waals surface area contributed by atoms with Crippen LogP contribution >= 0.6 is 23.2 Å². The van der Waals surface area contributed by atoms with Crippen LogP contribution in [-0.2, 0) is 4.79 Å². The van der Waals surface area contributed by atoms with Crippen LogP contribution in [0.5, 0.6) is 0 Å². The van der Waals surface area contributed by atoms with E-state index < -0.39 is 5.97 Å². The van der Waals surface area contributed by atoms with E-state index in [1.165, 1.54) is 0 Å². The van der Waals surface area contributed by atoms with Gasteiger partial charge in [-0.1, -0.05) is 25.0 Å². The maximum Gasteiger partial charge on any atom is 0.331 e. The van der Waals surface area contributed by atoms with Gasteiger partial charge in [-0.15, -0.1) is 23.2 Å². The summed E-state index contributed by atoms with van der Waals surface area (Å²) in [6.07, 6.45) is 10.4. The first-order valence-electron chi connectivity index (χ1n) is 12.6. The average molecular weight is 533 g/mol. The maximum atomic E-state index is 13.1. The van der Waals surface area contributed by atoms with Crippen molar-refractivity contribution in [2.75, 3.05) is 42.8 Å². The fourth-order valence-electron chi connectivity index (χ4n) is 4.67. The number of piperidine rings is 1.